The van der Waals surface area contributed by atoms with Crippen LogP contribution in [0.5, 0.6) is 0 Å². The normalized spacial score (nSPS) is 13.1. The summed E-state index contributed by atoms with van der Waals surface area (Å²) < 4.78 is 0. The summed E-state index contributed by atoms with van der Waals surface area (Å²) in [5, 5.41) is 12.6. The summed E-state index contributed by atoms with van der Waals surface area (Å²) in [7, 11) is 0. The largest absolute Gasteiger partial charge is 0.378 e. The molecule has 0 unspecified atom stereocenters. The van der Waals surface area contributed by atoms with Crippen LogP contribution in [0.2, 0.25) is 0 Å². The van der Waals surface area contributed by atoms with Gasteiger partial charge in [-0.2, -0.15) is 0 Å². The van der Waals surface area contributed by atoms with Crippen LogP contribution in [0.15, 0.2) is 60.7 Å². The third-order valence-electron chi connectivity index (χ3n) is 3.59. The van der Waals surface area contributed by atoms with E-state index >= 15 is 0 Å². The number of nitrogens with one attached hydrogen (secondary N) is 1. The zero-order valence-corrected chi connectivity index (χ0v) is 12.7. The van der Waals surface area contributed by atoms with E-state index in [0.717, 1.165) is 5.56 Å². The predicted molar refractivity (Wildman–Crippen MR) is 87.3 cm³/mol. The average Bonchev–Trinajstić information content (AvgIpc) is 2.59. The molecule has 0 radical (unpaired) electrons. The predicted octanol–water partition coefficient (Wildman–Crippen LogP) is 1.32. The van der Waals surface area contributed by atoms with Crippen LogP contribution < -0.4 is 11.1 Å². The zero-order chi connectivity index (χ0) is 16.7. The second-order valence-electron chi connectivity index (χ2n) is 5.30. The SMILES string of the molecule is NC(=O)[C@@H](CCc1ccccc1)NC(=O)[C@@H](O)c1ccccc1. The molecule has 0 aliphatic carbocycles. The molecule has 23 heavy (non-hydrogen) atoms. The smallest absolute Gasteiger partial charge is 0.254 e. The molecule has 2 aromatic carbocycles. The number of carbonyl (C=O) groups is 2. The molecule has 0 heterocycles. The summed E-state index contributed by atoms with van der Waals surface area (Å²) >= 11 is 0. The topological polar surface area (TPSA) is 92.4 Å². The number of nitrogens with two attached hydrogens (primary N) is 1. The average molecular weight is 312 g/mol. The summed E-state index contributed by atoms with van der Waals surface area (Å²) in [4.78, 5) is 23.6. The first kappa shape index (κ1) is 16.7. The summed E-state index contributed by atoms with van der Waals surface area (Å²) in [5.41, 5.74) is 6.87. The molecule has 0 fully saturated rings. The molecular weight excluding hydrogens is 292 g/mol. The Hall–Kier alpha value is -2.66. The number of benzene rings is 2. The molecule has 0 saturated heterocycles. The van der Waals surface area contributed by atoms with Crippen molar-refractivity contribution in [1.82, 2.24) is 5.32 Å². The Morgan fingerprint density at radius 1 is 1.00 bits per heavy atom. The van der Waals surface area contributed by atoms with Gasteiger partial charge in [0.05, 0.1) is 0 Å². The number of aliphatic hydroxyl groups is 1. The number of carbonyl (C=O) groups excluding carboxylic acids is 2. The molecule has 5 heteroatoms. The first-order valence-corrected chi connectivity index (χ1v) is 7.44. The molecule has 2 rings (SSSR count). The fourth-order valence-corrected chi connectivity index (χ4v) is 2.28. The third kappa shape index (κ3) is 4.93. The Balaban J connectivity index is 1.96. The standard InChI is InChI=1S/C18H20N2O3/c19-17(22)15(12-11-13-7-3-1-4-8-13)20-18(23)16(21)14-9-5-2-6-10-14/h1-10,15-16,21H,11-12H2,(H2,19,22)(H,20,23)/t15-,16+/m1/s1. The molecule has 0 saturated carbocycles. The zero-order valence-electron chi connectivity index (χ0n) is 12.7. The number of amides is 2. The van der Waals surface area contributed by atoms with Crippen molar-refractivity contribution in [3.05, 3.63) is 71.8 Å². The van der Waals surface area contributed by atoms with Gasteiger partial charge in [0.2, 0.25) is 5.91 Å². The maximum absolute atomic E-state index is 12.1. The van der Waals surface area contributed by atoms with Crippen LogP contribution in [-0.4, -0.2) is 23.0 Å². The summed E-state index contributed by atoms with van der Waals surface area (Å²) in [6.07, 6.45) is -0.335. The van der Waals surface area contributed by atoms with Crippen molar-refractivity contribution >= 4 is 11.8 Å². The summed E-state index contributed by atoms with van der Waals surface area (Å²) in [5.74, 6) is -1.25. The van der Waals surface area contributed by atoms with Crippen LogP contribution in [0.4, 0.5) is 0 Å². The maximum Gasteiger partial charge on any atom is 0.254 e. The van der Waals surface area contributed by atoms with Gasteiger partial charge in [-0.15, -0.1) is 0 Å². The molecule has 0 aliphatic rings. The van der Waals surface area contributed by atoms with Crippen molar-refractivity contribution in [1.29, 1.82) is 0 Å². The number of hydrogen-bond acceptors (Lipinski definition) is 3. The van der Waals surface area contributed by atoms with E-state index in [-0.39, 0.29) is 0 Å². The second-order valence-corrected chi connectivity index (χ2v) is 5.30. The highest BCUT2D eigenvalue weighted by atomic mass is 16.3. The van der Waals surface area contributed by atoms with Gasteiger partial charge in [0.25, 0.3) is 5.91 Å². The fraction of sp³-hybridized carbons (Fsp3) is 0.222. The molecular formula is C18H20N2O3. The number of aryl methyl sites for hydroxylation is 1. The van der Waals surface area contributed by atoms with Crippen LogP contribution in [0.1, 0.15) is 23.7 Å². The van der Waals surface area contributed by atoms with Crippen LogP contribution in [0.3, 0.4) is 0 Å². The molecule has 5 nitrogen and oxygen atoms in total. The molecule has 0 bridgehead atoms. The van der Waals surface area contributed by atoms with Gasteiger partial charge in [-0.3, -0.25) is 9.59 Å². The Morgan fingerprint density at radius 2 is 1.57 bits per heavy atom. The Kier molecular flexibility index (Phi) is 5.88. The third-order valence-corrected chi connectivity index (χ3v) is 3.59. The lowest BCUT2D eigenvalue weighted by Crippen LogP contribution is -2.46. The first-order chi connectivity index (χ1) is 11.1. The van der Waals surface area contributed by atoms with Gasteiger partial charge < -0.3 is 16.2 Å². The second kappa shape index (κ2) is 8.10. The van der Waals surface area contributed by atoms with Crippen molar-refractivity contribution in [2.45, 2.75) is 25.0 Å². The lowest BCUT2D eigenvalue weighted by molar-refractivity contribution is -0.133. The molecule has 0 spiro atoms. The van der Waals surface area contributed by atoms with Gasteiger partial charge in [-0.05, 0) is 24.0 Å². The van der Waals surface area contributed by atoms with Crippen LogP contribution >= 0.6 is 0 Å². The molecule has 2 amide bonds. The van der Waals surface area contributed by atoms with Gasteiger partial charge >= 0.3 is 0 Å². The van der Waals surface area contributed by atoms with Crippen molar-refractivity contribution in [2.75, 3.05) is 0 Å². The maximum atomic E-state index is 12.1. The van der Waals surface area contributed by atoms with E-state index in [1.165, 1.54) is 0 Å². The van der Waals surface area contributed by atoms with Gasteiger partial charge in [0, 0.05) is 0 Å². The minimum absolute atomic E-state index is 0.382. The van der Waals surface area contributed by atoms with E-state index in [1.807, 2.05) is 30.3 Å². The number of rotatable bonds is 7. The molecule has 4 N–H and O–H groups in total. The number of primary amides is 1. The van der Waals surface area contributed by atoms with Crippen molar-refractivity contribution in [2.24, 2.45) is 5.73 Å². The van der Waals surface area contributed by atoms with Crippen LogP contribution in [0.25, 0.3) is 0 Å². The van der Waals surface area contributed by atoms with Crippen LogP contribution in [-0.2, 0) is 16.0 Å². The highest BCUT2D eigenvalue weighted by Crippen LogP contribution is 2.13. The van der Waals surface area contributed by atoms with Crippen LogP contribution in [0, 0.1) is 0 Å². The number of hydrogen-bond donors (Lipinski definition) is 3. The van der Waals surface area contributed by atoms with E-state index in [1.54, 1.807) is 30.3 Å². The first-order valence-electron chi connectivity index (χ1n) is 7.44. The van der Waals surface area contributed by atoms with Gasteiger partial charge in [0.1, 0.15) is 6.04 Å². The monoisotopic (exact) mass is 312 g/mol. The van der Waals surface area contributed by atoms with Crippen molar-refractivity contribution in [3.63, 3.8) is 0 Å². The lowest BCUT2D eigenvalue weighted by Gasteiger charge is -2.18. The summed E-state index contributed by atoms with van der Waals surface area (Å²) in [6, 6.07) is 17.3. The fourth-order valence-electron chi connectivity index (χ4n) is 2.28. The van der Waals surface area contributed by atoms with E-state index in [2.05, 4.69) is 5.32 Å². The summed E-state index contributed by atoms with van der Waals surface area (Å²) in [6.45, 7) is 0. The van der Waals surface area contributed by atoms with Gasteiger partial charge in [0.15, 0.2) is 6.10 Å². The van der Waals surface area contributed by atoms with Crippen molar-refractivity contribution in [3.8, 4) is 0 Å². The lowest BCUT2D eigenvalue weighted by atomic mass is 10.0. The molecule has 120 valence electrons. The molecule has 0 aliphatic heterocycles. The minimum Gasteiger partial charge on any atom is -0.378 e. The Bertz CT molecular complexity index is 644. The number of aliphatic hydroxyl groups excluding tert-OH is 1. The molecule has 2 aromatic rings. The quantitative estimate of drug-likeness (QED) is 0.720. The Labute approximate surface area is 135 Å². The minimum atomic E-state index is -1.32. The van der Waals surface area contributed by atoms with Gasteiger partial charge in [-0.25, -0.2) is 0 Å². The van der Waals surface area contributed by atoms with Gasteiger partial charge in [-0.1, -0.05) is 60.7 Å². The van der Waals surface area contributed by atoms with Crippen molar-refractivity contribution < 1.29 is 14.7 Å². The van der Waals surface area contributed by atoms with E-state index in [0.29, 0.717) is 18.4 Å². The Morgan fingerprint density at radius 3 is 2.13 bits per heavy atom. The van der Waals surface area contributed by atoms with E-state index in [9.17, 15) is 14.7 Å². The molecule has 2 atom stereocenters. The highest BCUT2D eigenvalue weighted by molar-refractivity contribution is 5.88. The van der Waals surface area contributed by atoms with E-state index < -0.39 is 24.0 Å². The highest BCUT2D eigenvalue weighted by Gasteiger charge is 2.23. The van der Waals surface area contributed by atoms with E-state index in [4.69, 9.17) is 5.73 Å². The molecule has 0 aromatic heterocycles.